The Balaban J connectivity index is 2.26. The van der Waals surface area contributed by atoms with Gasteiger partial charge in [-0.25, -0.2) is 0 Å². The Morgan fingerprint density at radius 2 is 1.81 bits per heavy atom. The fraction of sp³-hybridized carbons (Fsp3) is 0.167. The molecular formula is C18H19N3. The number of nitrogens with two attached hydrogens (primary N) is 1. The fourth-order valence-corrected chi connectivity index (χ4v) is 2.75. The number of benzene rings is 2. The van der Waals surface area contributed by atoms with Crippen LogP contribution in [0.15, 0.2) is 48.5 Å². The summed E-state index contributed by atoms with van der Waals surface area (Å²) in [7, 11) is 0. The minimum Gasteiger partial charge on any atom is -0.323 e. The molecule has 0 saturated heterocycles. The average Bonchev–Trinajstić information content (AvgIpc) is 2.54. The Morgan fingerprint density at radius 3 is 2.48 bits per heavy atom. The van der Waals surface area contributed by atoms with Crippen molar-refractivity contribution < 1.29 is 0 Å². The minimum atomic E-state index is 0.900. The maximum atomic E-state index is 5.75. The third-order valence-electron chi connectivity index (χ3n) is 3.92. The van der Waals surface area contributed by atoms with E-state index in [0.29, 0.717) is 0 Å². The minimum absolute atomic E-state index is 0.900. The van der Waals surface area contributed by atoms with E-state index in [0.717, 1.165) is 34.3 Å². The second kappa shape index (κ2) is 5.54. The van der Waals surface area contributed by atoms with Crippen LogP contribution in [0.3, 0.4) is 0 Å². The highest BCUT2D eigenvalue weighted by molar-refractivity contribution is 5.96. The van der Waals surface area contributed by atoms with Crippen LogP contribution in [0.1, 0.15) is 18.2 Å². The predicted molar refractivity (Wildman–Crippen MR) is 89.1 cm³/mol. The highest BCUT2D eigenvalue weighted by Crippen LogP contribution is 2.31. The molecule has 0 aliphatic carbocycles. The normalized spacial score (nSPS) is 10.8. The summed E-state index contributed by atoms with van der Waals surface area (Å²) in [6.07, 6.45) is 0.900. The summed E-state index contributed by atoms with van der Waals surface area (Å²) in [5, 5.41) is 1.06. The van der Waals surface area contributed by atoms with Gasteiger partial charge < -0.3 is 5.43 Å². The SMILES string of the molecule is CCc1nc2ccc(-c3ccccc3)cc2c(NN)c1C. The van der Waals surface area contributed by atoms with E-state index in [9.17, 15) is 0 Å². The van der Waals surface area contributed by atoms with Crippen molar-refractivity contribution in [3.63, 3.8) is 0 Å². The average molecular weight is 277 g/mol. The smallest absolute Gasteiger partial charge is 0.0727 e. The van der Waals surface area contributed by atoms with Crippen LogP contribution in [-0.4, -0.2) is 4.98 Å². The van der Waals surface area contributed by atoms with Gasteiger partial charge in [0.25, 0.3) is 0 Å². The number of aromatic nitrogens is 1. The van der Waals surface area contributed by atoms with Gasteiger partial charge in [0.1, 0.15) is 0 Å². The molecule has 0 bridgehead atoms. The number of nitrogens with zero attached hydrogens (tertiary/aromatic N) is 1. The second-order valence-electron chi connectivity index (χ2n) is 5.15. The molecule has 3 nitrogen and oxygen atoms in total. The van der Waals surface area contributed by atoms with Gasteiger partial charge in [-0.15, -0.1) is 0 Å². The van der Waals surface area contributed by atoms with Gasteiger partial charge in [-0.3, -0.25) is 10.8 Å². The first-order chi connectivity index (χ1) is 10.2. The van der Waals surface area contributed by atoms with Crippen molar-refractivity contribution in [2.24, 2.45) is 5.84 Å². The van der Waals surface area contributed by atoms with Crippen LogP contribution in [0.2, 0.25) is 0 Å². The zero-order valence-corrected chi connectivity index (χ0v) is 12.4. The van der Waals surface area contributed by atoms with E-state index < -0.39 is 0 Å². The molecule has 0 aliphatic rings. The highest BCUT2D eigenvalue weighted by Gasteiger charge is 2.11. The van der Waals surface area contributed by atoms with Crippen LogP contribution in [0.25, 0.3) is 22.0 Å². The molecule has 1 aromatic heterocycles. The largest absolute Gasteiger partial charge is 0.323 e. The molecular weight excluding hydrogens is 258 g/mol. The third kappa shape index (κ3) is 2.36. The molecule has 3 aromatic rings. The van der Waals surface area contributed by atoms with Gasteiger partial charge >= 0.3 is 0 Å². The lowest BCUT2D eigenvalue weighted by Crippen LogP contribution is -2.11. The molecule has 3 rings (SSSR count). The number of rotatable bonds is 3. The molecule has 0 aliphatic heterocycles. The van der Waals surface area contributed by atoms with E-state index in [-0.39, 0.29) is 0 Å². The van der Waals surface area contributed by atoms with Crippen LogP contribution < -0.4 is 11.3 Å². The van der Waals surface area contributed by atoms with Crippen LogP contribution >= 0.6 is 0 Å². The van der Waals surface area contributed by atoms with Crippen molar-refractivity contribution in [1.29, 1.82) is 0 Å². The number of pyridine rings is 1. The van der Waals surface area contributed by atoms with Crippen LogP contribution in [-0.2, 0) is 6.42 Å². The lowest BCUT2D eigenvalue weighted by Gasteiger charge is -2.14. The van der Waals surface area contributed by atoms with E-state index in [1.807, 2.05) is 18.2 Å². The van der Waals surface area contributed by atoms with E-state index >= 15 is 0 Å². The zero-order chi connectivity index (χ0) is 14.8. The third-order valence-corrected chi connectivity index (χ3v) is 3.92. The molecule has 0 spiro atoms. The number of hydrogen-bond donors (Lipinski definition) is 2. The Labute approximate surface area is 124 Å². The van der Waals surface area contributed by atoms with E-state index in [2.05, 4.69) is 49.6 Å². The first-order valence-corrected chi connectivity index (χ1v) is 7.20. The van der Waals surface area contributed by atoms with E-state index in [4.69, 9.17) is 10.8 Å². The number of nitrogens with one attached hydrogen (secondary N) is 1. The first-order valence-electron chi connectivity index (χ1n) is 7.20. The summed E-state index contributed by atoms with van der Waals surface area (Å²) in [6.45, 7) is 4.18. The summed E-state index contributed by atoms with van der Waals surface area (Å²) in [6, 6.07) is 16.7. The monoisotopic (exact) mass is 277 g/mol. The molecule has 0 atom stereocenters. The lowest BCUT2D eigenvalue weighted by atomic mass is 10.00. The quantitative estimate of drug-likeness (QED) is 0.560. The summed E-state index contributed by atoms with van der Waals surface area (Å²) >= 11 is 0. The van der Waals surface area contributed by atoms with Crippen molar-refractivity contribution in [2.75, 3.05) is 5.43 Å². The molecule has 106 valence electrons. The first kappa shape index (κ1) is 13.6. The molecule has 2 aromatic carbocycles. The Bertz CT molecular complexity index is 779. The number of fused-ring (bicyclic) bond motifs is 1. The molecule has 21 heavy (non-hydrogen) atoms. The van der Waals surface area contributed by atoms with Gasteiger partial charge in [-0.2, -0.15) is 0 Å². The van der Waals surface area contributed by atoms with E-state index in [1.54, 1.807) is 0 Å². The van der Waals surface area contributed by atoms with Crippen molar-refractivity contribution in [3.05, 3.63) is 59.8 Å². The molecule has 3 heteroatoms. The Kier molecular flexibility index (Phi) is 3.59. The van der Waals surface area contributed by atoms with Gasteiger partial charge in [0.2, 0.25) is 0 Å². The highest BCUT2D eigenvalue weighted by atomic mass is 15.2. The number of aryl methyl sites for hydroxylation is 1. The fourth-order valence-electron chi connectivity index (χ4n) is 2.75. The molecule has 0 unspecified atom stereocenters. The van der Waals surface area contributed by atoms with Crippen LogP contribution in [0.4, 0.5) is 5.69 Å². The van der Waals surface area contributed by atoms with Crippen LogP contribution in [0.5, 0.6) is 0 Å². The Morgan fingerprint density at radius 1 is 1.05 bits per heavy atom. The van der Waals surface area contributed by atoms with Gasteiger partial charge in [0.15, 0.2) is 0 Å². The number of nitrogen functional groups attached to an aromatic ring is 1. The molecule has 1 heterocycles. The molecule has 3 N–H and O–H groups in total. The summed E-state index contributed by atoms with van der Waals surface area (Å²) in [5.41, 5.74) is 9.37. The van der Waals surface area contributed by atoms with Crippen LogP contribution in [0, 0.1) is 6.92 Å². The maximum Gasteiger partial charge on any atom is 0.0727 e. The van der Waals surface area contributed by atoms with Gasteiger partial charge in [-0.1, -0.05) is 43.3 Å². The van der Waals surface area contributed by atoms with Crippen molar-refractivity contribution in [3.8, 4) is 11.1 Å². The number of hydrazine groups is 1. The molecule has 0 fully saturated rings. The summed E-state index contributed by atoms with van der Waals surface area (Å²) < 4.78 is 0. The predicted octanol–water partition coefficient (Wildman–Crippen LogP) is 4.06. The zero-order valence-electron chi connectivity index (χ0n) is 12.4. The lowest BCUT2D eigenvalue weighted by molar-refractivity contribution is 1.03. The number of anilines is 1. The van der Waals surface area contributed by atoms with Gasteiger partial charge in [0, 0.05) is 11.1 Å². The second-order valence-corrected chi connectivity index (χ2v) is 5.15. The summed E-state index contributed by atoms with van der Waals surface area (Å²) in [4.78, 5) is 4.74. The van der Waals surface area contributed by atoms with Crippen molar-refractivity contribution in [1.82, 2.24) is 4.98 Å². The van der Waals surface area contributed by atoms with Gasteiger partial charge in [-0.05, 0) is 42.2 Å². The molecule has 0 radical (unpaired) electrons. The standard InChI is InChI=1S/C18H19N3/c1-3-16-12(2)18(21-19)15-11-14(9-10-17(15)20-16)13-7-5-4-6-8-13/h4-11H,3,19H2,1-2H3,(H,20,21). The molecule has 0 amide bonds. The Hall–Kier alpha value is -2.39. The van der Waals surface area contributed by atoms with Crippen molar-refractivity contribution in [2.45, 2.75) is 20.3 Å². The number of hydrogen-bond acceptors (Lipinski definition) is 3. The maximum absolute atomic E-state index is 5.75. The van der Waals surface area contributed by atoms with Crippen molar-refractivity contribution >= 4 is 16.6 Å². The topological polar surface area (TPSA) is 50.9 Å². The van der Waals surface area contributed by atoms with Gasteiger partial charge in [0.05, 0.1) is 11.2 Å². The van der Waals surface area contributed by atoms with E-state index in [1.165, 1.54) is 11.1 Å². The summed E-state index contributed by atoms with van der Waals surface area (Å²) in [5.74, 6) is 5.75. The molecule has 0 saturated carbocycles.